The van der Waals surface area contributed by atoms with Gasteiger partial charge in [-0.15, -0.1) is 11.3 Å². The van der Waals surface area contributed by atoms with Crippen molar-refractivity contribution in [1.82, 2.24) is 4.90 Å². The first-order valence-electron chi connectivity index (χ1n) is 5.60. The third kappa shape index (κ3) is 2.05. The number of carbonyl (C=O) groups is 1. The lowest BCUT2D eigenvalue weighted by atomic mass is 9.96. The Morgan fingerprint density at radius 1 is 1.47 bits per heavy atom. The Bertz CT molecular complexity index is 411. The number of thiophene rings is 1. The number of rotatable bonds is 3. The molecule has 1 atom stereocenters. The van der Waals surface area contributed by atoms with E-state index in [1.165, 1.54) is 9.78 Å². The second kappa shape index (κ2) is 3.99. The van der Waals surface area contributed by atoms with E-state index < -0.39 is 17.4 Å². The highest BCUT2D eigenvalue weighted by atomic mass is 32.1. The molecule has 4 nitrogen and oxygen atoms in total. The Labute approximate surface area is 105 Å². The quantitative estimate of drug-likeness (QED) is 0.901. The first-order chi connectivity index (χ1) is 7.84. The topological polar surface area (TPSA) is 49.8 Å². The third-order valence-corrected chi connectivity index (χ3v) is 4.33. The number of carbonyl (C=O) groups excluding carboxylic acids is 1. The maximum absolute atomic E-state index is 11.7. The van der Waals surface area contributed by atoms with Gasteiger partial charge in [0.2, 0.25) is 0 Å². The van der Waals surface area contributed by atoms with E-state index in [0.29, 0.717) is 6.54 Å². The molecule has 0 aromatic carbocycles. The van der Waals surface area contributed by atoms with Crippen molar-refractivity contribution in [3.05, 3.63) is 22.4 Å². The number of hydrogen-bond acceptors (Lipinski definition) is 4. The van der Waals surface area contributed by atoms with Crippen molar-refractivity contribution in [1.29, 1.82) is 0 Å². The van der Waals surface area contributed by atoms with E-state index in [1.54, 1.807) is 32.1 Å². The standard InChI is InChI=1S/C12H17NO3S/c1-11(2)12(3,15)13(10(14)16-11)7-6-9-5-4-8-17-9/h4-5,8,15H,6-7H2,1-3H3/t12-/m1/s1. The van der Waals surface area contributed by atoms with Gasteiger partial charge in [0.15, 0.2) is 11.3 Å². The minimum atomic E-state index is -1.26. The van der Waals surface area contributed by atoms with Gasteiger partial charge in [0.1, 0.15) is 0 Å². The van der Waals surface area contributed by atoms with E-state index in [-0.39, 0.29) is 0 Å². The van der Waals surface area contributed by atoms with Gasteiger partial charge in [-0.2, -0.15) is 0 Å². The summed E-state index contributed by atoms with van der Waals surface area (Å²) in [6, 6.07) is 4.00. The molecular weight excluding hydrogens is 238 g/mol. The normalized spacial score (nSPS) is 27.3. The van der Waals surface area contributed by atoms with Gasteiger partial charge in [-0.25, -0.2) is 4.79 Å². The van der Waals surface area contributed by atoms with E-state index in [1.807, 2.05) is 17.5 Å². The molecule has 0 bridgehead atoms. The summed E-state index contributed by atoms with van der Waals surface area (Å²) in [5, 5.41) is 12.4. The summed E-state index contributed by atoms with van der Waals surface area (Å²) < 4.78 is 5.19. The fourth-order valence-corrected chi connectivity index (χ4v) is 2.56. The number of hydrogen-bond donors (Lipinski definition) is 1. The van der Waals surface area contributed by atoms with Crippen LogP contribution >= 0.6 is 11.3 Å². The van der Waals surface area contributed by atoms with Crippen molar-refractivity contribution in [2.75, 3.05) is 6.54 Å². The third-order valence-electron chi connectivity index (χ3n) is 3.39. The highest BCUT2D eigenvalue weighted by Gasteiger charge is 2.56. The number of aliphatic hydroxyl groups is 1. The van der Waals surface area contributed by atoms with Gasteiger partial charge in [0.05, 0.1) is 0 Å². The molecule has 1 aliphatic rings. The summed E-state index contributed by atoms with van der Waals surface area (Å²) in [4.78, 5) is 14.3. The zero-order valence-electron chi connectivity index (χ0n) is 10.3. The lowest BCUT2D eigenvalue weighted by Crippen LogP contribution is -2.53. The molecule has 1 saturated heterocycles. The molecule has 94 valence electrons. The summed E-state index contributed by atoms with van der Waals surface area (Å²) in [6.07, 6.45) is 0.287. The maximum atomic E-state index is 11.7. The summed E-state index contributed by atoms with van der Waals surface area (Å²) >= 11 is 1.65. The van der Waals surface area contributed by atoms with Gasteiger partial charge >= 0.3 is 6.09 Å². The fourth-order valence-electron chi connectivity index (χ4n) is 1.86. The van der Waals surface area contributed by atoms with Gasteiger partial charge in [-0.1, -0.05) is 6.07 Å². The van der Waals surface area contributed by atoms with Crippen molar-refractivity contribution < 1.29 is 14.6 Å². The van der Waals surface area contributed by atoms with E-state index in [2.05, 4.69) is 0 Å². The van der Waals surface area contributed by atoms with Gasteiger partial charge in [-0.3, -0.25) is 4.90 Å². The van der Waals surface area contributed by atoms with Crippen LogP contribution in [-0.4, -0.2) is 34.0 Å². The molecule has 17 heavy (non-hydrogen) atoms. The zero-order valence-corrected chi connectivity index (χ0v) is 11.1. The average Bonchev–Trinajstić information content (AvgIpc) is 2.73. The van der Waals surface area contributed by atoms with Crippen molar-refractivity contribution in [3.63, 3.8) is 0 Å². The Morgan fingerprint density at radius 2 is 2.18 bits per heavy atom. The summed E-state index contributed by atoms with van der Waals surface area (Å²) in [6.45, 7) is 5.52. The van der Waals surface area contributed by atoms with Crippen LogP contribution in [0.1, 0.15) is 25.6 Å². The summed E-state index contributed by atoms with van der Waals surface area (Å²) in [5.41, 5.74) is -2.14. The molecule has 5 heteroatoms. The molecular formula is C12H17NO3S. The molecule has 1 aromatic rings. The first kappa shape index (κ1) is 12.4. The lowest BCUT2D eigenvalue weighted by Gasteiger charge is -2.34. The van der Waals surface area contributed by atoms with Gasteiger partial charge in [0.25, 0.3) is 0 Å². The summed E-state index contributed by atoms with van der Waals surface area (Å²) in [7, 11) is 0. The van der Waals surface area contributed by atoms with Crippen LogP contribution in [0, 0.1) is 0 Å². The molecule has 1 amide bonds. The van der Waals surface area contributed by atoms with Crippen molar-refractivity contribution in [3.8, 4) is 0 Å². The van der Waals surface area contributed by atoms with Crippen LogP contribution in [0.4, 0.5) is 4.79 Å². The molecule has 1 aromatic heterocycles. The molecule has 0 unspecified atom stereocenters. The first-order valence-corrected chi connectivity index (χ1v) is 6.48. The SMILES string of the molecule is CC1(C)OC(=O)N(CCc2cccs2)[C@]1(C)O. The van der Waals surface area contributed by atoms with Crippen LogP contribution in [-0.2, 0) is 11.2 Å². The summed E-state index contributed by atoms with van der Waals surface area (Å²) in [5.74, 6) is 0. The second-order valence-electron chi connectivity index (χ2n) is 4.88. The minimum absolute atomic E-state index is 0.448. The molecule has 0 radical (unpaired) electrons. The fraction of sp³-hybridized carbons (Fsp3) is 0.583. The van der Waals surface area contributed by atoms with Crippen LogP contribution in [0.5, 0.6) is 0 Å². The predicted octanol–water partition coefficient (Wildman–Crippen LogP) is 2.23. The number of amides is 1. The molecule has 0 spiro atoms. The van der Waals surface area contributed by atoms with Crippen molar-refractivity contribution in [2.24, 2.45) is 0 Å². The van der Waals surface area contributed by atoms with Gasteiger partial charge in [-0.05, 0) is 38.6 Å². The van der Waals surface area contributed by atoms with E-state index in [9.17, 15) is 9.90 Å². The molecule has 0 aliphatic carbocycles. The van der Waals surface area contributed by atoms with E-state index >= 15 is 0 Å². The van der Waals surface area contributed by atoms with Gasteiger partial charge in [0, 0.05) is 11.4 Å². The second-order valence-corrected chi connectivity index (χ2v) is 5.91. The zero-order chi connectivity index (χ0) is 12.7. The highest BCUT2D eigenvalue weighted by Crippen LogP contribution is 2.36. The highest BCUT2D eigenvalue weighted by molar-refractivity contribution is 7.09. The molecule has 1 fully saturated rings. The molecule has 0 saturated carbocycles. The van der Waals surface area contributed by atoms with Crippen LogP contribution < -0.4 is 0 Å². The van der Waals surface area contributed by atoms with Crippen LogP contribution in [0.25, 0.3) is 0 Å². The molecule has 2 rings (SSSR count). The minimum Gasteiger partial charge on any atom is -0.438 e. The number of ether oxygens (including phenoxy) is 1. The monoisotopic (exact) mass is 255 g/mol. The van der Waals surface area contributed by atoms with Crippen molar-refractivity contribution in [2.45, 2.75) is 38.5 Å². The molecule has 2 heterocycles. The number of cyclic esters (lactones) is 1. The van der Waals surface area contributed by atoms with E-state index in [4.69, 9.17) is 4.74 Å². The maximum Gasteiger partial charge on any atom is 0.412 e. The Kier molecular flexibility index (Phi) is 2.91. The lowest BCUT2D eigenvalue weighted by molar-refractivity contribution is -0.126. The van der Waals surface area contributed by atoms with Gasteiger partial charge < -0.3 is 9.84 Å². The van der Waals surface area contributed by atoms with Crippen LogP contribution in [0.3, 0.4) is 0 Å². The average molecular weight is 255 g/mol. The molecule has 1 N–H and O–H groups in total. The van der Waals surface area contributed by atoms with Crippen molar-refractivity contribution >= 4 is 17.4 Å². The Hall–Kier alpha value is -1.07. The predicted molar refractivity (Wildman–Crippen MR) is 65.9 cm³/mol. The largest absolute Gasteiger partial charge is 0.438 e. The molecule has 1 aliphatic heterocycles. The Morgan fingerprint density at radius 3 is 2.65 bits per heavy atom. The smallest absolute Gasteiger partial charge is 0.412 e. The Balaban J connectivity index is 2.08. The van der Waals surface area contributed by atoms with Crippen LogP contribution in [0.15, 0.2) is 17.5 Å². The van der Waals surface area contributed by atoms with Crippen LogP contribution in [0.2, 0.25) is 0 Å². The number of nitrogens with zero attached hydrogens (tertiary/aromatic N) is 1. The van der Waals surface area contributed by atoms with E-state index in [0.717, 1.165) is 6.42 Å².